The van der Waals surface area contributed by atoms with Gasteiger partial charge in [0.25, 0.3) is 0 Å². The van der Waals surface area contributed by atoms with Crippen LogP contribution in [0.3, 0.4) is 0 Å². The predicted molar refractivity (Wildman–Crippen MR) is 205 cm³/mol. The van der Waals surface area contributed by atoms with E-state index in [1.165, 1.54) is 103 Å². The van der Waals surface area contributed by atoms with Crippen LogP contribution in [0.1, 0.15) is 181 Å². The Bertz CT molecular complexity index is 779. The molecule has 1 N–H and O–H groups in total. The highest BCUT2D eigenvalue weighted by Gasteiger charge is 2.13. The van der Waals surface area contributed by atoms with Crippen molar-refractivity contribution in [2.75, 3.05) is 19.8 Å². The molecule has 0 fully saturated rings. The van der Waals surface area contributed by atoms with Gasteiger partial charge in [0.2, 0.25) is 0 Å². The number of rotatable bonds is 36. The van der Waals surface area contributed by atoms with Gasteiger partial charge in [-0.15, -0.1) is 0 Å². The number of hydrogen-bond donors (Lipinski definition) is 1. The van der Waals surface area contributed by atoms with Crippen molar-refractivity contribution < 1.29 is 19.4 Å². The summed E-state index contributed by atoms with van der Waals surface area (Å²) in [6.45, 7) is 5.18. The molecule has 0 aliphatic rings. The standard InChI is InChI=1S/C43H76O4/c1-3-5-7-9-11-13-15-17-19-20-21-22-23-25-27-29-31-33-35-37-39-46-41-42(40-44)47-43(45)38-36-34-32-30-28-26-24-18-16-14-12-10-8-6-4-2/h6,8,11-14,17-19,24,42,44H,3-5,7,9-10,15-16,20-23,25-41H2,1-2H3/b8-6-,13-11-,14-12-,19-17-,24-18-. The van der Waals surface area contributed by atoms with E-state index in [4.69, 9.17) is 9.47 Å². The van der Waals surface area contributed by atoms with E-state index in [1.54, 1.807) is 0 Å². The fourth-order valence-corrected chi connectivity index (χ4v) is 5.37. The summed E-state index contributed by atoms with van der Waals surface area (Å²) < 4.78 is 11.1. The third kappa shape index (κ3) is 38.4. The first-order chi connectivity index (χ1) is 23.2. The molecular formula is C43H76O4. The number of aliphatic hydroxyl groups is 1. The van der Waals surface area contributed by atoms with Gasteiger partial charge in [-0.05, 0) is 77.0 Å². The van der Waals surface area contributed by atoms with Gasteiger partial charge in [-0.3, -0.25) is 4.79 Å². The zero-order valence-corrected chi connectivity index (χ0v) is 31.0. The van der Waals surface area contributed by atoms with Crippen LogP contribution in [0.25, 0.3) is 0 Å². The van der Waals surface area contributed by atoms with Crippen molar-refractivity contribution in [2.24, 2.45) is 0 Å². The van der Waals surface area contributed by atoms with Crippen LogP contribution in [0, 0.1) is 0 Å². The van der Waals surface area contributed by atoms with Gasteiger partial charge in [-0.2, -0.15) is 0 Å². The molecule has 4 heteroatoms. The third-order valence-electron chi connectivity index (χ3n) is 8.33. The van der Waals surface area contributed by atoms with E-state index in [9.17, 15) is 9.90 Å². The second-order valence-corrected chi connectivity index (χ2v) is 13.0. The van der Waals surface area contributed by atoms with Gasteiger partial charge in [0.15, 0.2) is 0 Å². The summed E-state index contributed by atoms with van der Waals surface area (Å²) >= 11 is 0. The Morgan fingerprint density at radius 1 is 0.532 bits per heavy atom. The van der Waals surface area contributed by atoms with E-state index in [0.29, 0.717) is 13.0 Å². The minimum absolute atomic E-state index is 0.182. The molecule has 0 aromatic carbocycles. The summed E-state index contributed by atoms with van der Waals surface area (Å²) in [7, 11) is 0. The molecule has 0 saturated heterocycles. The number of carbonyl (C=O) groups is 1. The lowest BCUT2D eigenvalue weighted by atomic mass is 10.1. The highest BCUT2D eigenvalue weighted by atomic mass is 16.6. The van der Waals surface area contributed by atoms with Gasteiger partial charge in [0, 0.05) is 13.0 Å². The van der Waals surface area contributed by atoms with E-state index in [0.717, 1.165) is 57.8 Å². The maximum atomic E-state index is 12.2. The van der Waals surface area contributed by atoms with E-state index < -0.39 is 6.10 Å². The van der Waals surface area contributed by atoms with Crippen molar-refractivity contribution in [2.45, 2.75) is 187 Å². The van der Waals surface area contributed by atoms with Crippen LogP contribution in [0.2, 0.25) is 0 Å². The Kier molecular flexibility index (Phi) is 38.6. The second kappa shape index (κ2) is 40.3. The molecule has 0 amide bonds. The van der Waals surface area contributed by atoms with Crippen molar-refractivity contribution in [3.63, 3.8) is 0 Å². The molecule has 0 heterocycles. The third-order valence-corrected chi connectivity index (χ3v) is 8.33. The number of carbonyl (C=O) groups excluding carboxylic acids is 1. The van der Waals surface area contributed by atoms with Crippen LogP contribution >= 0.6 is 0 Å². The quantitative estimate of drug-likeness (QED) is 0.0414. The Morgan fingerprint density at radius 2 is 0.957 bits per heavy atom. The zero-order valence-electron chi connectivity index (χ0n) is 31.0. The Labute approximate surface area is 292 Å². The Hall–Kier alpha value is -1.91. The highest BCUT2D eigenvalue weighted by molar-refractivity contribution is 5.69. The molecule has 1 atom stereocenters. The maximum absolute atomic E-state index is 12.2. The lowest BCUT2D eigenvalue weighted by Crippen LogP contribution is -2.27. The van der Waals surface area contributed by atoms with Crippen LogP contribution in [-0.4, -0.2) is 37.0 Å². The lowest BCUT2D eigenvalue weighted by molar-refractivity contribution is -0.154. The molecule has 4 nitrogen and oxygen atoms in total. The summed E-state index contributed by atoms with van der Waals surface area (Å²) in [5.74, 6) is -0.220. The second-order valence-electron chi connectivity index (χ2n) is 13.0. The summed E-state index contributed by atoms with van der Waals surface area (Å²) in [6.07, 6.45) is 52.7. The molecule has 0 aromatic heterocycles. The summed E-state index contributed by atoms with van der Waals surface area (Å²) in [5.41, 5.74) is 0. The summed E-state index contributed by atoms with van der Waals surface area (Å²) in [4.78, 5) is 12.2. The topological polar surface area (TPSA) is 55.8 Å². The molecule has 0 aromatic rings. The SMILES string of the molecule is CC/C=C\C/C=C\C/C=C\CCCCCCCC(=O)OC(CO)COCCCCCCCCCCCC/C=C\C/C=C\CCCCC. The van der Waals surface area contributed by atoms with E-state index in [2.05, 4.69) is 74.6 Å². The van der Waals surface area contributed by atoms with Crippen molar-refractivity contribution >= 4 is 5.97 Å². The molecule has 0 aliphatic carbocycles. The van der Waals surface area contributed by atoms with Crippen LogP contribution in [0.15, 0.2) is 60.8 Å². The maximum Gasteiger partial charge on any atom is 0.306 e. The number of hydrogen-bond acceptors (Lipinski definition) is 4. The molecule has 0 rings (SSSR count). The first kappa shape index (κ1) is 45.1. The van der Waals surface area contributed by atoms with E-state index in [1.807, 2.05) is 0 Å². The first-order valence-electron chi connectivity index (χ1n) is 19.9. The molecule has 0 saturated carbocycles. The largest absolute Gasteiger partial charge is 0.457 e. The monoisotopic (exact) mass is 657 g/mol. The molecule has 47 heavy (non-hydrogen) atoms. The van der Waals surface area contributed by atoms with Crippen molar-refractivity contribution in [1.29, 1.82) is 0 Å². The Balaban J connectivity index is 3.47. The van der Waals surface area contributed by atoms with E-state index in [-0.39, 0.29) is 19.2 Å². The van der Waals surface area contributed by atoms with Crippen LogP contribution in [-0.2, 0) is 14.3 Å². The summed E-state index contributed by atoms with van der Waals surface area (Å²) in [6, 6.07) is 0. The van der Waals surface area contributed by atoms with E-state index >= 15 is 0 Å². The number of allylic oxidation sites excluding steroid dienone is 10. The van der Waals surface area contributed by atoms with Gasteiger partial charge in [-0.25, -0.2) is 0 Å². The lowest BCUT2D eigenvalue weighted by Gasteiger charge is -2.15. The predicted octanol–water partition coefficient (Wildman–Crippen LogP) is 12.9. The molecule has 0 spiro atoms. The van der Waals surface area contributed by atoms with Gasteiger partial charge >= 0.3 is 5.97 Å². The van der Waals surface area contributed by atoms with Crippen LogP contribution in [0.4, 0.5) is 0 Å². The average Bonchev–Trinajstić information content (AvgIpc) is 3.08. The summed E-state index contributed by atoms with van der Waals surface area (Å²) in [5, 5.41) is 9.58. The first-order valence-corrected chi connectivity index (χ1v) is 19.9. The van der Waals surface area contributed by atoms with Gasteiger partial charge < -0.3 is 14.6 Å². The minimum atomic E-state index is -0.546. The number of aliphatic hydroxyl groups excluding tert-OH is 1. The Morgan fingerprint density at radius 3 is 1.45 bits per heavy atom. The van der Waals surface area contributed by atoms with Gasteiger partial charge in [0.1, 0.15) is 6.10 Å². The smallest absolute Gasteiger partial charge is 0.306 e. The van der Waals surface area contributed by atoms with Crippen molar-refractivity contribution in [1.82, 2.24) is 0 Å². The number of esters is 1. The van der Waals surface area contributed by atoms with Crippen molar-refractivity contribution in [3.8, 4) is 0 Å². The van der Waals surface area contributed by atoms with Crippen LogP contribution < -0.4 is 0 Å². The minimum Gasteiger partial charge on any atom is -0.457 e. The highest BCUT2D eigenvalue weighted by Crippen LogP contribution is 2.13. The fraction of sp³-hybridized carbons (Fsp3) is 0.744. The van der Waals surface area contributed by atoms with Gasteiger partial charge in [-0.1, -0.05) is 158 Å². The normalized spacial score (nSPS) is 13.0. The van der Waals surface area contributed by atoms with Gasteiger partial charge in [0.05, 0.1) is 13.2 Å². The fourth-order valence-electron chi connectivity index (χ4n) is 5.37. The average molecular weight is 657 g/mol. The number of ether oxygens (including phenoxy) is 2. The molecule has 1 unspecified atom stereocenters. The molecular weight excluding hydrogens is 580 g/mol. The van der Waals surface area contributed by atoms with Crippen molar-refractivity contribution in [3.05, 3.63) is 60.8 Å². The molecule has 272 valence electrons. The molecule has 0 bridgehead atoms. The molecule has 0 radical (unpaired) electrons. The molecule has 0 aliphatic heterocycles. The zero-order chi connectivity index (χ0) is 34.1. The number of unbranched alkanes of at least 4 members (excludes halogenated alkanes) is 18. The van der Waals surface area contributed by atoms with Crippen LogP contribution in [0.5, 0.6) is 0 Å².